The number of rotatable bonds is 9. The summed E-state index contributed by atoms with van der Waals surface area (Å²) < 4.78 is 16.5. The fourth-order valence-corrected chi connectivity index (χ4v) is 5.78. The molecule has 1 amide bonds. The van der Waals surface area contributed by atoms with E-state index in [-0.39, 0.29) is 24.5 Å². The van der Waals surface area contributed by atoms with Gasteiger partial charge in [0.25, 0.3) is 5.91 Å². The number of nitrogens with one attached hydrogen (secondary N) is 1. The average molecular weight is 565 g/mol. The monoisotopic (exact) mass is 564 g/mol. The minimum atomic E-state index is -0.781. The van der Waals surface area contributed by atoms with E-state index < -0.39 is 17.9 Å². The fourth-order valence-electron chi connectivity index (χ4n) is 5.56. The number of unbranched alkanes of at least 4 members (excludes halogenated alkanes) is 3. The number of H-pyrrole nitrogens is 1. The van der Waals surface area contributed by atoms with Crippen LogP contribution in [0.25, 0.3) is 21.9 Å². The molecule has 2 aromatic heterocycles. The Bertz CT molecular complexity index is 1640. The summed E-state index contributed by atoms with van der Waals surface area (Å²) in [6.45, 7) is 3.91. The number of para-hydroxylation sites is 1. The maximum Gasteiger partial charge on any atom is 0.339 e. The van der Waals surface area contributed by atoms with Crippen LogP contribution in [0.4, 0.5) is 0 Å². The van der Waals surface area contributed by atoms with Crippen molar-refractivity contribution in [2.24, 2.45) is 0 Å². The van der Waals surface area contributed by atoms with Gasteiger partial charge in [0, 0.05) is 40.0 Å². The lowest BCUT2D eigenvalue weighted by Crippen LogP contribution is -2.50. The Labute approximate surface area is 237 Å². The minimum Gasteiger partial charge on any atom is -0.482 e. The van der Waals surface area contributed by atoms with Crippen LogP contribution in [-0.2, 0) is 33.7 Å². The van der Waals surface area contributed by atoms with Crippen LogP contribution in [0.2, 0.25) is 5.02 Å². The zero-order valence-corrected chi connectivity index (χ0v) is 23.7. The van der Waals surface area contributed by atoms with E-state index in [9.17, 15) is 14.4 Å². The molecule has 1 N–H and O–H groups in total. The zero-order valence-electron chi connectivity index (χ0n) is 23.0. The van der Waals surface area contributed by atoms with Crippen LogP contribution in [0.1, 0.15) is 55.0 Å². The fraction of sp³-hybridized carbons (Fsp3) is 0.387. The van der Waals surface area contributed by atoms with E-state index in [2.05, 4.69) is 11.9 Å². The smallest absolute Gasteiger partial charge is 0.339 e. The van der Waals surface area contributed by atoms with Crippen LogP contribution in [0.3, 0.4) is 0 Å². The van der Waals surface area contributed by atoms with Gasteiger partial charge in [-0.25, -0.2) is 9.59 Å². The third-order valence-electron chi connectivity index (χ3n) is 7.77. The number of carbonyl (C=O) groups excluding carboxylic acids is 2. The number of halogens is 1. The summed E-state index contributed by atoms with van der Waals surface area (Å²) in [4.78, 5) is 43.6. The van der Waals surface area contributed by atoms with Gasteiger partial charge in [0.15, 0.2) is 6.61 Å². The quantitative estimate of drug-likeness (QED) is 0.155. The van der Waals surface area contributed by atoms with Crippen molar-refractivity contribution >= 4 is 45.3 Å². The molecule has 0 spiro atoms. The number of hydrogen-bond acceptors (Lipinski definition) is 6. The molecule has 5 rings (SSSR count). The molecular formula is C31H33ClN2O6. The van der Waals surface area contributed by atoms with Crippen LogP contribution >= 0.6 is 11.6 Å². The average Bonchev–Trinajstić information content (AvgIpc) is 3.32. The number of aromatic nitrogens is 1. The molecule has 1 aliphatic rings. The predicted molar refractivity (Wildman–Crippen MR) is 154 cm³/mol. The summed E-state index contributed by atoms with van der Waals surface area (Å²) in [5.74, 6) is -0.662. The number of aromatic amines is 1. The van der Waals surface area contributed by atoms with Crippen molar-refractivity contribution in [3.63, 3.8) is 0 Å². The largest absolute Gasteiger partial charge is 0.482 e. The molecule has 40 heavy (non-hydrogen) atoms. The van der Waals surface area contributed by atoms with Crippen molar-refractivity contribution in [3.05, 3.63) is 74.2 Å². The highest BCUT2D eigenvalue weighted by Gasteiger charge is 2.37. The molecule has 0 saturated heterocycles. The Morgan fingerprint density at radius 1 is 1.15 bits per heavy atom. The topological polar surface area (TPSA) is 102 Å². The molecule has 0 aliphatic carbocycles. The number of benzene rings is 2. The first-order chi connectivity index (χ1) is 19.3. The Balaban J connectivity index is 1.36. The highest BCUT2D eigenvalue weighted by molar-refractivity contribution is 6.32. The molecular weight excluding hydrogens is 532 g/mol. The van der Waals surface area contributed by atoms with E-state index in [0.29, 0.717) is 29.0 Å². The van der Waals surface area contributed by atoms with Gasteiger partial charge in [-0.1, -0.05) is 56.0 Å². The zero-order chi connectivity index (χ0) is 28.4. The Morgan fingerprint density at radius 3 is 2.73 bits per heavy atom. The first-order valence-corrected chi connectivity index (χ1v) is 14.0. The lowest BCUT2D eigenvalue weighted by molar-refractivity contribution is -0.154. The summed E-state index contributed by atoms with van der Waals surface area (Å²) >= 11 is 6.55. The first-order valence-electron chi connectivity index (χ1n) is 13.7. The number of aryl methyl sites for hydroxylation is 1. The van der Waals surface area contributed by atoms with Crippen LogP contribution in [0.15, 0.2) is 45.6 Å². The van der Waals surface area contributed by atoms with Crippen molar-refractivity contribution in [1.82, 2.24) is 9.88 Å². The number of nitrogens with zero attached hydrogens (tertiary/aromatic N) is 1. The molecule has 4 aromatic rings. The van der Waals surface area contributed by atoms with Crippen molar-refractivity contribution in [3.8, 4) is 5.75 Å². The third-order valence-corrected chi connectivity index (χ3v) is 8.06. The summed E-state index contributed by atoms with van der Waals surface area (Å²) in [6.07, 6.45) is 5.22. The maximum absolute atomic E-state index is 13.4. The van der Waals surface area contributed by atoms with Gasteiger partial charge in [-0.3, -0.25) is 4.79 Å². The number of hydrogen-bond donors (Lipinski definition) is 1. The van der Waals surface area contributed by atoms with Gasteiger partial charge in [0.2, 0.25) is 0 Å². The second-order valence-corrected chi connectivity index (χ2v) is 10.7. The van der Waals surface area contributed by atoms with Gasteiger partial charge in [-0.05, 0) is 43.0 Å². The van der Waals surface area contributed by atoms with Gasteiger partial charge in [0.1, 0.15) is 17.4 Å². The highest BCUT2D eigenvalue weighted by Crippen LogP contribution is 2.34. The number of fused-ring (bicyclic) bond motifs is 4. The second-order valence-electron chi connectivity index (χ2n) is 10.3. The lowest BCUT2D eigenvalue weighted by atomic mass is 9.96. The molecule has 0 fully saturated rings. The second kappa shape index (κ2) is 11.8. The normalized spacial score (nSPS) is 14.9. The Kier molecular flexibility index (Phi) is 8.17. The van der Waals surface area contributed by atoms with Crippen LogP contribution in [0.5, 0.6) is 5.75 Å². The van der Waals surface area contributed by atoms with E-state index in [1.807, 2.05) is 31.2 Å². The maximum atomic E-state index is 13.4. The van der Waals surface area contributed by atoms with E-state index in [1.165, 1.54) is 12.0 Å². The van der Waals surface area contributed by atoms with E-state index >= 15 is 0 Å². The molecule has 8 nitrogen and oxygen atoms in total. The Hall–Kier alpha value is -3.78. The molecule has 210 valence electrons. The van der Waals surface area contributed by atoms with Gasteiger partial charge in [-0.2, -0.15) is 0 Å². The molecule has 0 bridgehead atoms. The molecule has 1 atom stereocenters. The van der Waals surface area contributed by atoms with E-state index in [1.54, 1.807) is 12.1 Å². The summed E-state index contributed by atoms with van der Waals surface area (Å²) in [5, 5.41) is 2.07. The van der Waals surface area contributed by atoms with Crippen LogP contribution in [0, 0.1) is 6.92 Å². The Morgan fingerprint density at radius 2 is 1.95 bits per heavy atom. The van der Waals surface area contributed by atoms with Crippen molar-refractivity contribution in [1.29, 1.82) is 0 Å². The van der Waals surface area contributed by atoms with Crippen molar-refractivity contribution < 1.29 is 23.5 Å². The summed E-state index contributed by atoms with van der Waals surface area (Å²) in [7, 11) is 1.31. The molecule has 3 heterocycles. The van der Waals surface area contributed by atoms with Crippen molar-refractivity contribution in [2.45, 2.75) is 65.0 Å². The molecule has 0 saturated carbocycles. The molecule has 1 aliphatic heterocycles. The minimum absolute atomic E-state index is 0.215. The number of carbonyl (C=O) groups is 2. The number of ether oxygens (including phenoxy) is 2. The van der Waals surface area contributed by atoms with Crippen molar-refractivity contribution in [2.75, 3.05) is 13.7 Å². The van der Waals surface area contributed by atoms with Crippen LogP contribution in [-0.4, -0.2) is 41.5 Å². The first kappa shape index (κ1) is 27.8. The number of esters is 1. The molecule has 2 aromatic carbocycles. The molecule has 0 radical (unpaired) electrons. The van der Waals surface area contributed by atoms with E-state index in [4.69, 9.17) is 25.5 Å². The van der Waals surface area contributed by atoms with Gasteiger partial charge < -0.3 is 23.8 Å². The van der Waals surface area contributed by atoms with Gasteiger partial charge in [0.05, 0.1) is 18.7 Å². The highest BCUT2D eigenvalue weighted by atomic mass is 35.5. The molecule has 0 unspecified atom stereocenters. The van der Waals surface area contributed by atoms with Gasteiger partial charge >= 0.3 is 11.6 Å². The summed E-state index contributed by atoms with van der Waals surface area (Å²) in [5.41, 5.74) is 4.32. The van der Waals surface area contributed by atoms with Crippen LogP contribution < -0.4 is 10.4 Å². The number of amides is 1. The lowest BCUT2D eigenvalue weighted by Gasteiger charge is -2.33. The standard InChI is InChI=1S/C31H33ClN2O6/c1-4-5-6-7-10-19-18(2)21-13-23(32)28(15-27(21)40-30(19)36)39-17-29(35)34-16-25-22(14-26(34)31(37)38-3)20-11-8-9-12-24(20)33-25/h8-9,11-13,15,26,33H,4-7,10,14,16-17H2,1-3H3/t26-/m1/s1. The van der Waals surface area contributed by atoms with E-state index in [0.717, 1.165) is 58.8 Å². The molecule has 9 heteroatoms. The summed E-state index contributed by atoms with van der Waals surface area (Å²) in [6, 6.07) is 10.3. The third kappa shape index (κ3) is 5.32. The SMILES string of the molecule is CCCCCCc1c(C)c2cc(Cl)c(OCC(=O)N3Cc4[nH]c5ccccc5c4C[C@@H]3C(=O)OC)cc2oc1=O. The van der Waals surface area contributed by atoms with Gasteiger partial charge in [-0.15, -0.1) is 0 Å². The predicted octanol–water partition coefficient (Wildman–Crippen LogP) is 5.86. The number of methoxy groups -OCH3 is 1.